The molecule has 17 heavy (non-hydrogen) atoms. The van der Waals surface area contributed by atoms with Gasteiger partial charge in [0, 0.05) is 18.3 Å². The molecule has 1 aromatic heterocycles. The van der Waals surface area contributed by atoms with Gasteiger partial charge in [-0.1, -0.05) is 20.8 Å². The van der Waals surface area contributed by atoms with Gasteiger partial charge in [-0.05, 0) is 24.8 Å². The molecule has 0 saturated heterocycles. The number of aryl methyl sites for hydroxylation is 1. The molecule has 4 nitrogen and oxygen atoms in total. The zero-order chi connectivity index (χ0) is 13.4. The summed E-state index contributed by atoms with van der Waals surface area (Å²) < 4.78 is 1.54. The van der Waals surface area contributed by atoms with Crippen molar-refractivity contribution in [1.82, 2.24) is 4.57 Å². The molecule has 0 saturated carbocycles. The quantitative estimate of drug-likeness (QED) is 0.857. The van der Waals surface area contributed by atoms with Crippen LogP contribution < -0.4 is 5.56 Å². The minimum Gasteiger partial charge on any atom is -0.478 e. The molecule has 0 aliphatic rings. The molecule has 0 bridgehead atoms. The van der Waals surface area contributed by atoms with E-state index in [9.17, 15) is 9.59 Å². The van der Waals surface area contributed by atoms with E-state index in [0.717, 1.165) is 0 Å². The Bertz CT molecular complexity index is 507. The maximum absolute atomic E-state index is 11.9. The first-order valence-electron chi connectivity index (χ1n) is 5.58. The van der Waals surface area contributed by atoms with E-state index >= 15 is 0 Å². The molecular weight excluding hydrogens is 218 g/mol. The standard InChI is InChI=1S/C13H19NO3/c1-8-6-10(15)14(7-13(3,4)5)9(2)11(8)12(16)17/h6H,7H2,1-5H3,(H,16,17). The second-order valence-corrected chi connectivity index (χ2v) is 5.58. The highest BCUT2D eigenvalue weighted by Crippen LogP contribution is 2.18. The first kappa shape index (κ1) is 13.5. The van der Waals surface area contributed by atoms with E-state index in [0.29, 0.717) is 17.8 Å². The van der Waals surface area contributed by atoms with E-state index in [1.165, 1.54) is 10.6 Å². The molecule has 1 aromatic rings. The smallest absolute Gasteiger partial charge is 0.337 e. The third kappa shape index (κ3) is 2.96. The van der Waals surface area contributed by atoms with Crippen molar-refractivity contribution in [2.24, 2.45) is 5.41 Å². The Hall–Kier alpha value is -1.58. The molecule has 0 aliphatic heterocycles. The second kappa shape index (κ2) is 4.35. The summed E-state index contributed by atoms with van der Waals surface area (Å²) in [5, 5.41) is 9.14. The molecule has 1 heterocycles. The summed E-state index contributed by atoms with van der Waals surface area (Å²) in [6.45, 7) is 9.89. The van der Waals surface area contributed by atoms with Crippen LogP contribution in [0.2, 0.25) is 0 Å². The van der Waals surface area contributed by atoms with Gasteiger partial charge in [-0.3, -0.25) is 4.79 Å². The summed E-state index contributed by atoms with van der Waals surface area (Å²) in [7, 11) is 0. The monoisotopic (exact) mass is 237 g/mol. The summed E-state index contributed by atoms with van der Waals surface area (Å²) >= 11 is 0. The van der Waals surface area contributed by atoms with Crippen LogP contribution in [0.25, 0.3) is 0 Å². The average Bonchev–Trinajstić information content (AvgIpc) is 2.09. The van der Waals surface area contributed by atoms with Crippen molar-refractivity contribution in [1.29, 1.82) is 0 Å². The normalized spacial score (nSPS) is 11.6. The van der Waals surface area contributed by atoms with E-state index < -0.39 is 5.97 Å². The number of hydrogen-bond donors (Lipinski definition) is 1. The predicted octanol–water partition coefficient (Wildman–Crippen LogP) is 2.21. The van der Waals surface area contributed by atoms with Gasteiger partial charge in [0.2, 0.25) is 0 Å². The van der Waals surface area contributed by atoms with Crippen LogP contribution in [0.4, 0.5) is 0 Å². The Morgan fingerprint density at radius 2 is 1.88 bits per heavy atom. The van der Waals surface area contributed by atoms with Gasteiger partial charge in [0.25, 0.3) is 5.56 Å². The SMILES string of the molecule is Cc1cc(=O)n(CC(C)(C)C)c(C)c1C(=O)O. The fourth-order valence-electron chi connectivity index (χ4n) is 1.92. The maximum Gasteiger partial charge on any atom is 0.337 e. The molecule has 0 unspecified atom stereocenters. The van der Waals surface area contributed by atoms with Gasteiger partial charge in [-0.2, -0.15) is 0 Å². The third-order valence-corrected chi connectivity index (χ3v) is 2.61. The summed E-state index contributed by atoms with van der Waals surface area (Å²) in [5.74, 6) is -0.984. The highest BCUT2D eigenvalue weighted by atomic mass is 16.4. The largest absolute Gasteiger partial charge is 0.478 e. The Labute approximate surface area is 101 Å². The molecule has 1 N–H and O–H groups in total. The minimum atomic E-state index is -0.984. The fraction of sp³-hybridized carbons (Fsp3) is 0.538. The zero-order valence-corrected chi connectivity index (χ0v) is 11.0. The van der Waals surface area contributed by atoms with E-state index in [1.54, 1.807) is 13.8 Å². The van der Waals surface area contributed by atoms with Crippen molar-refractivity contribution in [3.63, 3.8) is 0 Å². The average molecular weight is 237 g/mol. The predicted molar refractivity (Wildman–Crippen MR) is 66.6 cm³/mol. The van der Waals surface area contributed by atoms with E-state index in [-0.39, 0.29) is 16.5 Å². The fourth-order valence-corrected chi connectivity index (χ4v) is 1.92. The lowest BCUT2D eigenvalue weighted by atomic mass is 9.96. The number of carboxylic acids is 1. The van der Waals surface area contributed by atoms with Crippen LogP contribution in [-0.4, -0.2) is 15.6 Å². The van der Waals surface area contributed by atoms with Crippen molar-refractivity contribution in [3.05, 3.63) is 33.2 Å². The molecule has 0 atom stereocenters. The highest BCUT2D eigenvalue weighted by Gasteiger charge is 2.19. The van der Waals surface area contributed by atoms with E-state index in [2.05, 4.69) is 0 Å². The van der Waals surface area contributed by atoms with Crippen LogP contribution in [-0.2, 0) is 6.54 Å². The lowest BCUT2D eigenvalue weighted by molar-refractivity contribution is 0.0693. The van der Waals surface area contributed by atoms with Gasteiger partial charge >= 0.3 is 5.97 Å². The van der Waals surface area contributed by atoms with Crippen molar-refractivity contribution >= 4 is 5.97 Å². The summed E-state index contributed by atoms with van der Waals surface area (Å²) in [6.07, 6.45) is 0. The van der Waals surface area contributed by atoms with E-state index in [1.807, 2.05) is 20.8 Å². The number of aromatic carboxylic acids is 1. The molecule has 1 rings (SSSR count). The number of carboxylic acid groups (broad SMARTS) is 1. The van der Waals surface area contributed by atoms with Gasteiger partial charge in [0.15, 0.2) is 0 Å². The van der Waals surface area contributed by atoms with Gasteiger partial charge in [-0.15, -0.1) is 0 Å². The molecule has 0 spiro atoms. The molecule has 0 radical (unpaired) electrons. The van der Waals surface area contributed by atoms with Crippen LogP contribution in [0.3, 0.4) is 0 Å². The number of hydrogen-bond acceptors (Lipinski definition) is 2. The molecule has 94 valence electrons. The maximum atomic E-state index is 11.9. The van der Waals surface area contributed by atoms with Crippen LogP contribution in [0.15, 0.2) is 10.9 Å². The topological polar surface area (TPSA) is 59.3 Å². The Morgan fingerprint density at radius 3 is 2.29 bits per heavy atom. The molecule has 0 amide bonds. The first-order chi connectivity index (χ1) is 7.63. The van der Waals surface area contributed by atoms with Gasteiger partial charge < -0.3 is 9.67 Å². The number of aromatic nitrogens is 1. The molecule has 0 aromatic carbocycles. The third-order valence-electron chi connectivity index (χ3n) is 2.61. The van der Waals surface area contributed by atoms with Crippen LogP contribution in [0.5, 0.6) is 0 Å². The number of carbonyl (C=O) groups is 1. The summed E-state index contributed by atoms with van der Waals surface area (Å²) in [4.78, 5) is 23.0. The number of nitrogens with zero attached hydrogens (tertiary/aromatic N) is 1. The Morgan fingerprint density at radius 1 is 1.35 bits per heavy atom. The molecule has 0 fully saturated rings. The lowest BCUT2D eigenvalue weighted by Gasteiger charge is -2.22. The van der Waals surface area contributed by atoms with Crippen LogP contribution in [0, 0.1) is 19.3 Å². The molecule has 4 heteroatoms. The Kier molecular flexibility index (Phi) is 3.45. The van der Waals surface area contributed by atoms with Crippen molar-refractivity contribution in [2.75, 3.05) is 0 Å². The van der Waals surface area contributed by atoms with Gasteiger partial charge in [-0.25, -0.2) is 4.79 Å². The number of pyridine rings is 1. The first-order valence-corrected chi connectivity index (χ1v) is 5.58. The van der Waals surface area contributed by atoms with E-state index in [4.69, 9.17) is 5.11 Å². The van der Waals surface area contributed by atoms with Crippen molar-refractivity contribution < 1.29 is 9.90 Å². The van der Waals surface area contributed by atoms with Crippen LogP contribution >= 0.6 is 0 Å². The molecular formula is C13H19NO3. The van der Waals surface area contributed by atoms with Crippen molar-refractivity contribution in [3.8, 4) is 0 Å². The van der Waals surface area contributed by atoms with Gasteiger partial charge in [0.05, 0.1) is 5.56 Å². The molecule has 0 aliphatic carbocycles. The summed E-state index contributed by atoms with van der Waals surface area (Å²) in [6, 6.07) is 1.39. The highest BCUT2D eigenvalue weighted by molar-refractivity contribution is 5.90. The summed E-state index contributed by atoms with van der Waals surface area (Å²) in [5.41, 5.74) is 1.07. The Balaban J connectivity index is 3.47. The lowest BCUT2D eigenvalue weighted by Crippen LogP contribution is -2.30. The number of rotatable bonds is 2. The van der Waals surface area contributed by atoms with Gasteiger partial charge in [0.1, 0.15) is 0 Å². The zero-order valence-electron chi connectivity index (χ0n) is 11.0. The second-order valence-electron chi connectivity index (χ2n) is 5.58. The van der Waals surface area contributed by atoms with Crippen molar-refractivity contribution in [2.45, 2.75) is 41.2 Å². The van der Waals surface area contributed by atoms with Crippen LogP contribution in [0.1, 0.15) is 42.4 Å². The minimum absolute atomic E-state index is 0.0698.